The van der Waals surface area contributed by atoms with Gasteiger partial charge in [0.05, 0.1) is 19.7 Å². The van der Waals surface area contributed by atoms with Crippen molar-refractivity contribution in [2.45, 2.75) is 6.04 Å². The molecule has 96 valence electrons. The van der Waals surface area contributed by atoms with Gasteiger partial charge in [-0.2, -0.15) is 5.26 Å². The van der Waals surface area contributed by atoms with Gasteiger partial charge >= 0.3 is 5.97 Å². The lowest BCUT2D eigenvalue weighted by atomic mass is 10.1. The number of hydrogen-bond acceptors (Lipinski definition) is 5. The molecule has 0 saturated heterocycles. The number of anilines is 1. The minimum Gasteiger partial charge on any atom is -0.468 e. The Morgan fingerprint density at radius 2 is 2.06 bits per heavy atom. The van der Waals surface area contributed by atoms with Gasteiger partial charge in [0.1, 0.15) is 6.04 Å². The number of rotatable bonds is 5. The monoisotopic (exact) mass is 247 g/mol. The van der Waals surface area contributed by atoms with Crippen LogP contribution in [0.3, 0.4) is 0 Å². The van der Waals surface area contributed by atoms with Crippen LogP contribution in [0.5, 0.6) is 0 Å². The zero-order valence-electron chi connectivity index (χ0n) is 10.8. The van der Waals surface area contributed by atoms with Gasteiger partial charge in [0.25, 0.3) is 0 Å². The molecule has 0 saturated carbocycles. The number of methoxy groups -OCH3 is 1. The van der Waals surface area contributed by atoms with Crippen molar-refractivity contribution in [1.29, 1.82) is 5.26 Å². The van der Waals surface area contributed by atoms with Crippen LogP contribution >= 0.6 is 0 Å². The molecule has 5 heteroatoms. The molecular formula is C13H17N3O2. The largest absolute Gasteiger partial charge is 0.468 e. The van der Waals surface area contributed by atoms with E-state index in [1.807, 2.05) is 43.3 Å². The highest BCUT2D eigenvalue weighted by molar-refractivity contribution is 5.71. The van der Waals surface area contributed by atoms with E-state index in [0.717, 1.165) is 11.3 Å². The van der Waals surface area contributed by atoms with Crippen LogP contribution in [-0.2, 0) is 9.53 Å². The first-order valence-corrected chi connectivity index (χ1v) is 5.55. The van der Waals surface area contributed by atoms with Gasteiger partial charge < -0.3 is 9.64 Å². The maximum atomic E-state index is 11.0. The number of carbonyl (C=O) groups excluding carboxylic acids is 1. The van der Waals surface area contributed by atoms with Crippen LogP contribution in [0, 0.1) is 11.3 Å². The minimum atomic E-state index is -0.514. The Balaban J connectivity index is 2.71. The summed E-state index contributed by atoms with van der Waals surface area (Å²) in [7, 11) is 5.22. The maximum Gasteiger partial charge on any atom is 0.319 e. The van der Waals surface area contributed by atoms with Crippen molar-refractivity contribution >= 4 is 11.7 Å². The Morgan fingerprint density at radius 3 is 2.50 bits per heavy atom. The topological polar surface area (TPSA) is 65.4 Å². The van der Waals surface area contributed by atoms with E-state index >= 15 is 0 Å². The summed E-state index contributed by atoms with van der Waals surface area (Å²) in [6.07, 6.45) is 0. The van der Waals surface area contributed by atoms with Gasteiger partial charge in [0.15, 0.2) is 0 Å². The van der Waals surface area contributed by atoms with Gasteiger partial charge in [-0.05, 0) is 17.7 Å². The van der Waals surface area contributed by atoms with Crippen molar-refractivity contribution < 1.29 is 9.53 Å². The van der Waals surface area contributed by atoms with Crippen molar-refractivity contribution in [3.05, 3.63) is 29.8 Å². The van der Waals surface area contributed by atoms with E-state index in [4.69, 9.17) is 5.26 Å². The number of ether oxygens (including phenoxy) is 1. The lowest BCUT2D eigenvalue weighted by Crippen LogP contribution is -2.27. The molecule has 0 aliphatic rings. The Labute approximate surface area is 107 Å². The lowest BCUT2D eigenvalue weighted by Gasteiger charge is -2.15. The highest BCUT2D eigenvalue weighted by atomic mass is 16.5. The third-order valence-corrected chi connectivity index (χ3v) is 2.55. The molecule has 0 fully saturated rings. The summed E-state index contributed by atoms with van der Waals surface area (Å²) in [5, 5.41) is 11.9. The standard InChI is InChI=1S/C13H17N3O2/c1-16(2)11-6-4-10(5-7-11)12(8-14)15-9-13(17)18-3/h4-7,12,15H,9H2,1-3H3. The van der Waals surface area contributed by atoms with E-state index in [1.54, 1.807) is 0 Å². The molecule has 1 aromatic carbocycles. The summed E-state index contributed by atoms with van der Waals surface area (Å²) in [6.45, 7) is 0.0180. The zero-order valence-corrected chi connectivity index (χ0v) is 10.8. The second-order valence-corrected chi connectivity index (χ2v) is 4.01. The predicted molar refractivity (Wildman–Crippen MR) is 69.1 cm³/mol. The predicted octanol–water partition coefficient (Wildman–Crippen LogP) is 1.08. The Hall–Kier alpha value is -2.06. The van der Waals surface area contributed by atoms with Crippen molar-refractivity contribution in [2.24, 2.45) is 0 Å². The summed E-state index contributed by atoms with van der Waals surface area (Å²) >= 11 is 0. The van der Waals surface area contributed by atoms with Crippen LogP contribution in [0.2, 0.25) is 0 Å². The number of carbonyl (C=O) groups is 1. The smallest absolute Gasteiger partial charge is 0.319 e. The molecule has 0 bridgehead atoms. The van der Waals surface area contributed by atoms with E-state index in [0.29, 0.717) is 0 Å². The molecule has 0 aliphatic carbocycles. The number of nitrogens with one attached hydrogen (secondary N) is 1. The quantitative estimate of drug-likeness (QED) is 0.789. The molecule has 1 N–H and O–H groups in total. The summed E-state index contributed by atoms with van der Waals surface area (Å²) in [4.78, 5) is 13.0. The van der Waals surface area contributed by atoms with Crippen molar-refractivity contribution in [3.8, 4) is 6.07 Å². The molecule has 0 aliphatic heterocycles. The van der Waals surface area contributed by atoms with Gasteiger partial charge in [-0.15, -0.1) is 0 Å². The lowest BCUT2D eigenvalue weighted by molar-refractivity contribution is -0.139. The molecule has 1 atom stereocenters. The molecule has 1 aromatic rings. The van der Waals surface area contributed by atoms with Crippen LogP contribution < -0.4 is 10.2 Å². The van der Waals surface area contributed by atoms with Gasteiger partial charge in [-0.1, -0.05) is 12.1 Å². The van der Waals surface area contributed by atoms with Crippen LogP contribution in [0.1, 0.15) is 11.6 Å². The average Bonchev–Trinajstić information content (AvgIpc) is 2.39. The van der Waals surface area contributed by atoms with E-state index in [9.17, 15) is 4.79 Å². The Kier molecular flexibility index (Phi) is 5.15. The summed E-state index contributed by atoms with van der Waals surface area (Å²) < 4.78 is 4.51. The van der Waals surface area contributed by atoms with Gasteiger partial charge in [-0.25, -0.2) is 0 Å². The third kappa shape index (κ3) is 3.75. The fourth-order valence-electron chi connectivity index (χ4n) is 1.46. The normalized spacial score (nSPS) is 11.4. The molecule has 0 spiro atoms. The molecule has 0 radical (unpaired) electrons. The van der Waals surface area contributed by atoms with Crippen molar-refractivity contribution in [2.75, 3.05) is 32.6 Å². The Morgan fingerprint density at radius 1 is 1.44 bits per heavy atom. The number of nitrogens with zero attached hydrogens (tertiary/aromatic N) is 2. The van der Waals surface area contributed by atoms with Gasteiger partial charge in [0.2, 0.25) is 0 Å². The average molecular weight is 247 g/mol. The number of nitriles is 1. The van der Waals surface area contributed by atoms with Crippen LogP contribution in [0.15, 0.2) is 24.3 Å². The van der Waals surface area contributed by atoms with Gasteiger partial charge in [0, 0.05) is 19.8 Å². The molecule has 1 unspecified atom stereocenters. The highest BCUT2D eigenvalue weighted by Crippen LogP contribution is 2.17. The molecule has 18 heavy (non-hydrogen) atoms. The van der Waals surface area contributed by atoms with E-state index in [2.05, 4.69) is 16.1 Å². The molecule has 0 heterocycles. The summed E-state index contributed by atoms with van der Waals surface area (Å²) in [6, 6.07) is 9.20. The highest BCUT2D eigenvalue weighted by Gasteiger charge is 2.11. The first-order chi connectivity index (χ1) is 8.58. The fraction of sp³-hybridized carbons (Fsp3) is 0.385. The maximum absolute atomic E-state index is 11.0. The van der Waals surface area contributed by atoms with Crippen molar-refractivity contribution in [1.82, 2.24) is 5.32 Å². The van der Waals surface area contributed by atoms with E-state index in [-0.39, 0.29) is 12.5 Å². The Bertz CT molecular complexity index is 435. The molecule has 1 rings (SSSR count). The number of benzene rings is 1. The van der Waals surface area contributed by atoms with E-state index < -0.39 is 6.04 Å². The first-order valence-electron chi connectivity index (χ1n) is 5.55. The number of hydrogen-bond donors (Lipinski definition) is 1. The van der Waals surface area contributed by atoms with Crippen LogP contribution in [0.25, 0.3) is 0 Å². The minimum absolute atomic E-state index is 0.0180. The SMILES string of the molecule is COC(=O)CNC(C#N)c1ccc(N(C)C)cc1. The second-order valence-electron chi connectivity index (χ2n) is 4.01. The summed E-state index contributed by atoms with van der Waals surface area (Å²) in [5.74, 6) is -0.389. The van der Waals surface area contributed by atoms with Crippen molar-refractivity contribution in [3.63, 3.8) is 0 Å². The number of esters is 1. The summed E-state index contributed by atoms with van der Waals surface area (Å²) in [5.41, 5.74) is 1.88. The molecule has 0 aromatic heterocycles. The zero-order chi connectivity index (χ0) is 13.5. The molecule has 0 amide bonds. The second kappa shape index (κ2) is 6.62. The first kappa shape index (κ1) is 14.0. The van der Waals surface area contributed by atoms with Crippen LogP contribution in [-0.4, -0.2) is 33.7 Å². The molecule has 5 nitrogen and oxygen atoms in total. The molecular weight excluding hydrogens is 230 g/mol. The van der Waals surface area contributed by atoms with Crippen LogP contribution in [0.4, 0.5) is 5.69 Å². The van der Waals surface area contributed by atoms with Gasteiger partial charge in [-0.3, -0.25) is 10.1 Å². The third-order valence-electron chi connectivity index (χ3n) is 2.55. The van der Waals surface area contributed by atoms with E-state index in [1.165, 1.54) is 7.11 Å². The fourth-order valence-corrected chi connectivity index (χ4v) is 1.46.